The highest BCUT2D eigenvalue weighted by atomic mass is 35.5. The first kappa shape index (κ1) is 28.1. The predicted molar refractivity (Wildman–Crippen MR) is 161 cm³/mol. The van der Waals surface area contributed by atoms with Gasteiger partial charge in [-0.3, -0.25) is 9.36 Å². The van der Waals surface area contributed by atoms with Gasteiger partial charge < -0.3 is 20.1 Å². The van der Waals surface area contributed by atoms with Gasteiger partial charge in [-0.2, -0.15) is 11.8 Å². The second kappa shape index (κ2) is 12.4. The lowest BCUT2D eigenvalue weighted by molar-refractivity contribution is 0.0997. The van der Waals surface area contributed by atoms with Gasteiger partial charge in [-0.15, -0.1) is 11.3 Å². The van der Waals surface area contributed by atoms with E-state index < -0.39 is 12.0 Å². The first-order valence-electron chi connectivity index (χ1n) is 12.7. The number of thioether (sulfide) groups is 1. The number of carbonyl (C=O) groups is 1. The number of rotatable bonds is 10. The maximum absolute atomic E-state index is 12.3. The third-order valence-electron chi connectivity index (χ3n) is 6.83. The van der Waals surface area contributed by atoms with Gasteiger partial charge in [0, 0.05) is 42.0 Å². The number of fused-ring (bicyclic) bond motifs is 1. The van der Waals surface area contributed by atoms with Gasteiger partial charge in [0.2, 0.25) is 0 Å². The topological polar surface area (TPSA) is 82.6 Å². The minimum absolute atomic E-state index is 0.125. The molecule has 1 saturated heterocycles. The van der Waals surface area contributed by atoms with Crippen LogP contribution in [0, 0.1) is 0 Å². The number of likely N-dealkylation sites (tertiary alicyclic amines) is 1. The molecule has 1 fully saturated rings. The average molecular weight is 606 g/mol. The number of thiophene rings is 1. The minimum Gasteiger partial charge on any atom is -0.489 e. The Morgan fingerprint density at radius 2 is 2.00 bits per heavy atom. The van der Waals surface area contributed by atoms with Crippen molar-refractivity contribution in [1.82, 2.24) is 14.5 Å². The quantitative estimate of drug-likeness (QED) is 0.213. The van der Waals surface area contributed by atoms with E-state index in [4.69, 9.17) is 38.4 Å². The van der Waals surface area contributed by atoms with Crippen LogP contribution in [0.3, 0.4) is 0 Å². The Kier molecular flexibility index (Phi) is 8.93. The molecule has 206 valence electrons. The number of halogens is 2. The van der Waals surface area contributed by atoms with Crippen molar-refractivity contribution in [2.75, 3.05) is 31.6 Å². The predicted octanol–water partition coefficient (Wildman–Crippen LogP) is 6.84. The van der Waals surface area contributed by atoms with Crippen molar-refractivity contribution in [3.8, 4) is 16.5 Å². The lowest BCUT2D eigenvalue weighted by atomic mass is 10.1. The van der Waals surface area contributed by atoms with Crippen LogP contribution in [0.2, 0.25) is 10.0 Å². The standard InChI is InChI=1S/C28H30Cl2N4O3S2/c1-17(20-4-3-5-23(26(20)30)37-19-8-10-33(11-9-19)12-13-38-2)36-24-15-25(39-27(24)28(31)35)34-16-32-21-14-18(29)6-7-22(21)34/h3-7,14-17,19H,8-13H2,1-2H3,(H2,31,35). The van der Waals surface area contributed by atoms with Crippen LogP contribution in [0.5, 0.6) is 11.5 Å². The van der Waals surface area contributed by atoms with Crippen LogP contribution >= 0.6 is 46.3 Å². The van der Waals surface area contributed by atoms with Crippen LogP contribution in [-0.4, -0.2) is 58.1 Å². The Hall–Kier alpha value is -2.43. The van der Waals surface area contributed by atoms with Gasteiger partial charge in [0.25, 0.3) is 5.91 Å². The van der Waals surface area contributed by atoms with Crippen LogP contribution in [-0.2, 0) is 0 Å². The van der Waals surface area contributed by atoms with E-state index in [1.807, 2.05) is 47.5 Å². The van der Waals surface area contributed by atoms with E-state index in [1.54, 1.807) is 24.5 Å². The SMILES string of the molecule is CSCCN1CCC(Oc2cccc(C(C)Oc3cc(-n4cnc5cc(Cl)ccc54)sc3C(N)=O)c2Cl)CC1. The average Bonchev–Trinajstić information content (AvgIpc) is 3.53. The van der Waals surface area contributed by atoms with E-state index >= 15 is 0 Å². The highest BCUT2D eigenvalue weighted by Gasteiger charge is 2.24. The van der Waals surface area contributed by atoms with E-state index in [-0.39, 0.29) is 6.10 Å². The molecule has 0 radical (unpaired) electrons. The molecule has 7 nitrogen and oxygen atoms in total. The number of benzene rings is 2. The molecule has 1 aliphatic heterocycles. The maximum Gasteiger partial charge on any atom is 0.262 e. The number of aromatic nitrogens is 2. The minimum atomic E-state index is -0.562. The normalized spacial score (nSPS) is 15.5. The Balaban J connectivity index is 1.33. The Bertz CT molecular complexity index is 1470. The summed E-state index contributed by atoms with van der Waals surface area (Å²) in [4.78, 5) is 19.5. The third kappa shape index (κ3) is 6.33. The summed E-state index contributed by atoms with van der Waals surface area (Å²) in [5, 5.41) is 1.88. The van der Waals surface area contributed by atoms with Gasteiger partial charge >= 0.3 is 0 Å². The van der Waals surface area contributed by atoms with Crippen molar-refractivity contribution in [3.05, 3.63) is 69.3 Å². The summed E-state index contributed by atoms with van der Waals surface area (Å²) >= 11 is 16.1. The van der Waals surface area contributed by atoms with Gasteiger partial charge in [0.1, 0.15) is 39.9 Å². The van der Waals surface area contributed by atoms with Crippen LogP contribution in [0.4, 0.5) is 0 Å². The van der Waals surface area contributed by atoms with Crippen LogP contribution < -0.4 is 15.2 Å². The van der Waals surface area contributed by atoms with Gasteiger partial charge in [-0.1, -0.05) is 35.3 Å². The number of ether oxygens (including phenoxy) is 2. The summed E-state index contributed by atoms with van der Waals surface area (Å²) < 4.78 is 14.5. The van der Waals surface area contributed by atoms with E-state index in [1.165, 1.54) is 11.3 Å². The molecule has 0 bridgehead atoms. The third-order valence-corrected chi connectivity index (χ3v) is 9.19. The second-order valence-corrected chi connectivity index (χ2v) is 12.3. The van der Waals surface area contributed by atoms with Crippen molar-refractivity contribution in [3.63, 3.8) is 0 Å². The molecule has 2 N–H and O–H groups in total. The first-order chi connectivity index (χ1) is 18.8. The summed E-state index contributed by atoms with van der Waals surface area (Å²) in [7, 11) is 0. The molecule has 5 rings (SSSR count). The van der Waals surface area contributed by atoms with Crippen LogP contribution in [0.1, 0.15) is 41.1 Å². The fourth-order valence-corrected chi connectivity index (χ4v) is 6.60. The van der Waals surface area contributed by atoms with E-state index in [2.05, 4.69) is 16.1 Å². The van der Waals surface area contributed by atoms with Gasteiger partial charge in [0.05, 0.1) is 16.1 Å². The molecule has 1 unspecified atom stereocenters. The molecule has 0 spiro atoms. The number of hydrogen-bond acceptors (Lipinski definition) is 7. The highest BCUT2D eigenvalue weighted by molar-refractivity contribution is 7.98. The lowest BCUT2D eigenvalue weighted by Crippen LogP contribution is -2.39. The second-order valence-electron chi connectivity index (χ2n) is 9.46. The molecule has 2 aromatic heterocycles. The molecule has 1 atom stereocenters. The number of nitrogens with two attached hydrogens (primary N) is 1. The molecule has 0 aliphatic carbocycles. The maximum atomic E-state index is 12.3. The van der Waals surface area contributed by atoms with Gasteiger partial charge in [-0.05, 0) is 50.3 Å². The van der Waals surface area contributed by atoms with Crippen molar-refractivity contribution >= 4 is 63.2 Å². The van der Waals surface area contributed by atoms with Crippen LogP contribution in [0.15, 0.2) is 48.8 Å². The largest absolute Gasteiger partial charge is 0.489 e. The zero-order valence-corrected chi connectivity index (χ0v) is 24.9. The number of carbonyl (C=O) groups excluding carboxylic acids is 1. The molecular formula is C28H30Cl2N4O3S2. The summed E-state index contributed by atoms with van der Waals surface area (Å²) in [5.41, 5.74) is 8.11. The van der Waals surface area contributed by atoms with E-state index in [9.17, 15) is 4.79 Å². The molecule has 1 aliphatic rings. The van der Waals surface area contributed by atoms with Crippen molar-refractivity contribution in [2.45, 2.75) is 32.0 Å². The smallest absolute Gasteiger partial charge is 0.262 e. The number of hydrogen-bond donors (Lipinski definition) is 1. The number of imidazole rings is 1. The number of amides is 1. The molecule has 11 heteroatoms. The van der Waals surface area contributed by atoms with Gasteiger partial charge in [0.15, 0.2) is 0 Å². The Morgan fingerprint density at radius 1 is 1.21 bits per heavy atom. The zero-order valence-electron chi connectivity index (χ0n) is 21.7. The summed E-state index contributed by atoms with van der Waals surface area (Å²) in [6, 6.07) is 13.0. The fraction of sp³-hybridized carbons (Fsp3) is 0.357. The van der Waals surface area contributed by atoms with Gasteiger partial charge in [-0.25, -0.2) is 4.98 Å². The van der Waals surface area contributed by atoms with E-state index in [0.717, 1.165) is 59.8 Å². The van der Waals surface area contributed by atoms with Crippen molar-refractivity contribution in [2.24, 2.45) is 5.73 Å². The highest BCUT2D eigenvalue weighted by Crippen LogP contribution is 2.39. The Labute approximate surface area is 246 Å². The molecule has 2 aromatic carbocycles. The molecule has 1 amide bonds. The number of primary amides is 1. The lowest BCUT2D eigenvalue weighted by Gasteiger charge is -2.32. The molecular weight excluding hydrogens is 575 g/mol. The molecule has 0 saturated carbocycles. The molecule has 39 heavy (non-hydrogen) atoms. The Morgan fingerprint density at radius 3 is 2.74 bits per heavy atom. The summed E-state index contributed by atoms with van der Waals surface area (Å²) in [5.74, 6) is 1.63. The van der Waals surface area contributed by atoms with E-state index in [0.29, 0.717) is 26.4 Å². The monoisotopic (exact) mass is 604 g/mol. The molecule has 4 aromatic rings. The number of piperidine rings is 1. The summed E-state index contributed by atoms with van der Waals surface area (Å²) in [6.45, 7) is 5.06. The zero-order chi connectivity index (χ0) is 27.5. The van der Waals surface area contributed by atoms with Crippen LogP contribution in [0.25, 0.3) is 16.0 Å². The summed E-state index contributed by atoms with van der Waals surface area (Å²) in [6.07, 6.45) is 5.44. The van der Waals surface area contributed by atoms with Crippen molar-refractivity contribution in [1.29, 1.82) is 0 Å². The van der Waals surface area contributed by atoms with Crippen molar-refractivity contribution < 1.29 is 14.3 Å². The number of nitrogens with zero attached hydrogens (tertiary/aromatic N) is 3. The molecule has 3 heterocycles. The first-order valence-corrected chi connectivity index (χ1v) is 15.7. The fourth-order valence-electron chi connectivity index (χ4n) is 4.74.